The average Bonchev–Trinajstić information content (AvgIpc) is 1.73. The van der Waals surface area contributed by atoms with Crippen molar-refractivity contribution < 1.29 is 73.6 Å². The standard InChI is InChI=1S/C54H62F8N12O8/c1-50(2,53(57,58)59)43(67-49(79)80-5)45(76)66-38(16-30-9-6-29(7-10-30)8-11-31-20-64-48(65-21-31)71-23-34-13-14-35(24-71)74(34)36-27-81-28-36)40(75)26-72(69-46(77)44(82-47(63)78)51(3,4)54(60,61)62)22-33-12-15-37(55)41(42(33)56)39-25-73(70-68-39)52-17-32(18-52)19-52/h6-7,9-10,12,15,20-21,25,32,34-36,38,40,43-44,75H,13-14,16-19,22-24,26-28H2,1-5H3,(H2,63,78)(H,66,76)(H,67,79)(H,69,77)/t32?,34-,35-,38-,40-,43+,44+,52?/m0/s1. The summed E-state index contributed by atoms with van der Waals surface area (Å²) in [6, 6.07) is 5.05. The number of anilines is 1. The lowest BCUT2D eigenvalue weighted by atomic mass is 9.50. The maximum atomic E-state index is 16.8. The number of piperazine rings is 1. The molecule has 4 amide bonds. The Balaban J connectivity index is 0.993. The van der Waals surface area contributed by atoms with Gasteiger partial charge in [-0.1, -0.05) is 35.3 Å². The van der Waals surface area contributed by atoms with E-state index in [1.807, 2.05) is 5.32 Å². The van der Waals surface area contributed by atoms with Crippen molar-refractivity contribution in [3.63, 3.8) is 0 Å². The number of hydrazine groups is 1. The number of halogens is 8. The van der Waals surface area contributed by atoms with Gasteiger partial charge in [0.15, 0.2) is 6.10 Å². The Bertz CT molecular complexity index is 3060. The SMILES string of the molecule is COC(=O)N[C@H](C(=O)N[C@@H](Cc1ccc(C#Cc2cnc(N3C[C@@H]4CC[C@@H](C3)N4C3COC3)nc2)cc1)[C@@H](O)CN(Cc1ccc(F)c(-c2cn(C34CC(C3)C4)nn2)c1F)NC(=O)[C@@H](OC(N)=O)C(C)(C)C(F)(F)F)C(C)(C)C(F)(F)F. The maximum absolute atomic E-state index is 16.8. The summed E-state index contributed by atoms with van der Waals surface area (Å²) < 4.78 is 136. The first-order valence-electron chi connectivity index (χ1n) is 26.5. The topological polar surface area (TPSA) is 245 Å². The number of alkyl carbamates (subject to hydrolysis) is 1. The van der Waals surface area contributed by atoms with Crippen molar-refractivity contribution in [2.45, 2.75) is 133 Å². The second-order valence-corrected chi connectivity index (χ2v) is 22.9. The van der Waals surface area contributed by atoms with Gasteiger partial charge >= 0.3 is 24.5 Å². The number of carbonyl (C=O) groups is 4. The lowest BCUT2D eigenvalue weighted by Crippen LogP contribution is -2.62. The highest BCUT2D eigenvalue weighted by molar-refractivity contribution is 5.87. The number of carbonyl (C=O) groups excluding carboxylic acids is 4. The molecule has 20 nitrogen and oxygen atoms in total. The number of nitrogens with zero attached hydrogens (tertiary/aromatic N) is 8. The van der Waals surface area contributed by atoms with Crippen LogP contribution >= 0.6 is 0 Å². The van der Waals surface area contributed by atoms with Gasteiger partial charge in [0.1, 0.15) is 28.8 Å². The minimum Gasteiger partial charge on any atom is -0.453 e. The summed E-state index contributed by atoms with van der Waals surface area (Å²) in [7, 11) is 0.846. The Hall–Kier alpha value is -7.22. The van der Waals surface area contributed by atoms with Crippen LogP contribution < -0.4 is 26.7 Å². The number of aliphatic hydroxyl groups excluding tert-OH is 1. The monoisotopic (exact) mass is 1160 g/mol. The van der Waals surface area contributed by atoms with Gasteiger partial charge in [-0.15, -0.1) is 5.10 Å². The molecule has 6 N–H and O–H groups in total. The molecular weight excluding hydrogens is 1100 g/mol. The van der Waals surface area contributed by atoms with E-state index in [-0.39, 0.29) is 11.2 Å². The number of hydrogen-bond donors (Lipinski definition) is 5. The molecule has 0 spiro atoms. The normalized spacial score (nSPS) is 22.3. The number of ether oxygens (including phenoxy) is 3. The van der Waals surface area contributed by atoms with Crippen molar-refractivity contribution in [3.8, 4) is 23.1 Å². The fourth-order valence-electron chi connectivity index (χ4n) is 11.2. The Morgan fingerprint density at radius 1 is 0.866 bits per heavy atom. The molecule has 6 atom stereocenters. The number of rotatable bonds is 19. The van der Waals surface area contributed by atoms with E-state index in [1.165, 1.54) is 23.0 Å². The highest BCUT2D eigenvalue weighted by Crippen LogP contribution is 2.62. The van der Waals surface area contributed by atoms with Crippen molar-refractivity contribution in [3.05, 3.63) is 88.9 Å². The minimum absolute atomic E-state index is 0.217. The molecule has 3 saturated carbocycles. The van der Waals surface area contributed by atoms with Gasteiger partial charge in [0, 0.05) is 61.8 Å². The van der Waals surface area contributed by atoms with Gasteiger partial charge in [0.25, 0.3) is 5.91 Å². The molecule has 4 aromatic rings. The molecule has 442 valence electrons. The molecule has 3 aliphatic carbocycles. The molecule has 82 heavy (non-hydrogen) atoms. The van der Waals surface area contributed by atoms with E-state index in [9.17, 15) is 50.6 Å². The fourth-order valence-corrected chi connectivity index (χ4v) is 11.2. The van der Waals surface area contributed by atoms with Crippen molar-refractivity contribution in [1.82, 2.24) is 50.9 Å². The molecule has 0 radical (unpaired) electrons. The summed E-state index contributed by atoms with van der Waals surface area (Å²) in [5.41, 5.74) is 0.678. The van der Waals surface area contributed by atoms with Crippen LogP contribution in [-0.2, 0) is 42.3 Å². The molecule has 6 fully saturated rings. The lowest BCUT2D eigenvalue weighted by Gasteiger charge is -2.61. The first-order chi connectivity index (χ1) is 38.6. The summed E-state index contributed by atoms with van der Waals surface area (Å²) in [6.07, 6.45) is -9.68. The van der Waals surface area contributed by atoms with Gasteiger partial charge < -0.3 is 40.6 Å². The molecule has 10 rings (SSSR count). The van der Waals surface area contributed by atoms with Crippen LogP contribution in [0.5, 0.6) is 0 Å². The van der Waals surface area contributed by atoms with E-state index >= 15 is 8.78 Å². The second-order valence-electron chi connectivity index (χ2n) is 22.9. The third-order valence-corrected chi connectivity index (χ3v) is 16.5. The summed E-state index contributed by atoms with van der Waals surface area (Å²) >= 11 is 0. The quantitative estimate of drug-likeness (QED) is 0.0457. The summed E-state index contributed by atoms with van der Waals surface area (Å²) in [5.74, 6) is 1.55. The third-order valence-electron chi connectivity index (χ3n) is 16.5. The van der Waals surface area contributed by atoms with E-state index < -0.39 is 114 Å². The van der Waals surface area contributed by atoms with Crippen LogP contribution in [-0.4, -0.2) is 159 Å². The molecule has 0 unspecified atom stereocenters. The zero-order chi connectivity index (χ0) is 59.3. The van der Waals surface area contributed by atoms with Gasteiger partial charge in [0.2, 0.25) is 11.9 Å². The number of benzene rings is 2. The van der Waals surface area contributed by atoms with E-state index in [0.29, 0.717) is 79.4 Å². The van der Waals surface area contributed by atoms with Gasteiger partial charge in [-0.05, 0) is 95.9 Å². The number of methoxy groups -OCH3 is 1. The minimum atomic E-state index is -5.24. The summed E-state index contributed by atoms with van der Waals surface area (Å²) in [6.45, 7) is 3.48. The molecule has 6 aliphatic rings. The van der Waals surface area contributed by atoms with Gasteiger partial charge in [-0.2, -0.15) is 26.3 Å². The number of alkyl halides is 6. The highest BCUT2D eigenvalue weighted by atomic mass is 19.4. The third kappa shape index (κ3) is 12.1. The first-order valence-corrected chi connectivity index (χ1v) is 26.5. The number of amides is 4. The van der Waals surface area contributed by atoms with Crippen LogP contribution in [0.3, 0.4) is 0 Å². The smallest absolute Gasteiger partial charge is 0.407 e. The highest BCUT2D eigenvalue weighted by Gasteiger charge is 2.60. The van der Waals surface area contributed by atoms with Crippen LogP contribution in [0.15, 0.2) is 55.0 Å². The molecule has 28 heteroatoms. The number of primary amides is 1. The van der Waals surface area contributed by atoms with Crippen LogP contribution in [0.1, 0.15) is 82.1 Å². The van der Waals surface area contributed by atoms with Gasteiger partial charge in [-0.25, -0.2) is 38.0 Å². The molecule has 5 heterocycles. The van der Waals surface area contributed by atoms with Crippen LogP contribution in [0.2, 0.25) is 0 Å². The molecule has 2 aromatic carbocycles. The maximum Gasteiger partial charge on any atom is 0.407 e. The van der Waals surface area contributed by atoms with Crippen molar-refractivity contribution in [1.29, 1.82) is 0 Å². The number of aromatic nitrogens is 5. The summed E-state index contributed by atoms with van der Waals surface area (Å²) in [5, 5.41) is 25.2. The number of hydrogen-bond acceptors (Lipinski definition) is 15. The van der Waals surface area contributed by atoms with Gasteiger partial charge in [-0.3, -0.25) is 19.9 Å². The van der Waals surface area contributed by atoms with Crippen molar-refractivity contribution >= 4 is 29.9 Å². The zero-order valence-electron chi connectivity index (χ0n) is 45.3. The van der Waals surface area contributed by atoms with E-state index in [1.54, 1.807) is 24.5 Å². The number of nitrogens with one attached hydrogen (secondary N) is 3. The molecule has 3 aliphatic heterocycles. The predicted octanol–water partition coefficient (Wildman–Crippen LogP) is 5.26. The first kappa shape index (κ1) is 59.4. The van der Waals surface area contributed by atoms with E-state index in [0.717, 1.165) is 77.6 Å². The lowest BCUT2D eigenvalue weighted by molar-refractivity contribution is -0.239. The number of fused-ring (bicyclic) bond motifs is 2. The molecule has 2 aromatic heterocycles. The Labute approximate surface area is 465 Å². The van der Waals surface area contributed by atoms with E-state index in [2.05, 4.69) is 57.4 Å². The molecule has 4 bridgehead atoms. The largest absolute Gasteiger partial charge is 0.453 e. The zero-order valence-corrected chi connectivity index (χ0v) is 45.3. The van der Waals surface area contributed by atoms with Crippen LogP contribution in [0.25, 0.3) is 11.3 Å². The van der Waals surface area contributed by atoms with Crippen LogP contribution in [0, 0.1) is 40.2 Å². The average molecular weight is 1160 g/mol. The number of nitrogens with two attached hydrogens (primary N) is 1. The number of aliphatic hydroxyl groups is 1. The molecular formula is C54H62F8N12O8. The Kier molecular flexibility index (Phi) is 16.6. The van der Waals surface area contributed by atoms with E-state index in [4.69, 9.17) is 15.2 Å². The van der Waals surface area contributed by atoms with Crippen molar-refractivity contribution in [2.24, 2.45) is 22.5 Å². The second kappa shape index (κ2) is 22.8. The Morgan fingerprint density at radius 3 is 2.04 bits per heavy atom. The summed E-state index contributed by atoms with van der Waals surface area (Å²) in [4.78, 5) is 66.5. The van der Waals surface area contributed by atoms with Gasteiger partial charge in [0.05, 0.1) is 66.8 Å². The molecule has 3 saturated heterocycles. The van der Waals surface area contributed by atoms with Crippen molar-refractivity contribution in [2.75, 3.05) is 44.9 Å². The Morgan fingerprint density at radius 2 is 1.49 bits per heavy atom. The fraction of sp³-hybridized carbons (Fsp3) is 0.556. The predicted molar refractivity (Wildman–Crippen MR) is 274 cm³/mol. The van der Waals surface area contributed by atoms with Crippen LogP contribution in [0.4, 0.5) is 50.7 Å².